The third-order valence-corrected chi connectivity index (χ3v) is 5.31. The molecule has 5 heteroatoms. The van der Waals surface area contributed by atoms with Crippen LogP contribution < -0.4 is 0 Å². The number of nitrogens with one attached hydrogen (secondary N) is 1. The lowest BCUT2D eigenvalue weighted by atomic mass is 9.89. The molecule has 1 amide bonds. The summed E-state index contributed by atoms with van der Waals surface area (Å²) >= 11 is 0. The Bertz CT molecular complexity index is 923. The Labute approximate surface area is 193 Å². The molecule has 1 atom stereocenters. The monoisotopic (exact) mass is 439 g/mol. The quantitative estimate of drug-likeness (QED) is 0.413. The van der Waals surface area contributed by atoms with Crippen molar-refractivity contribution in [2.45, 2.75) is 60.3 Å². The second-order valence-corrected chi connectivity index (χ2v) is 7.88. The van der Waals surface area contributed by atoms with Crippen LogP contribution in [-0.2, 0) is 0 Å². The Morgan fingerprint density at radius 3 is 2.66 bits per heavy atom. The van der Waals surface area contributed by atoms with E-state index < -0.39 is 5.82 Å². The number of carbonyl (C=O) groups excluding carboxylic acids is 1. The number of terminal acetylenes is 1. The molecule has 0 spiro atoms. The van der Waals surface area contributed by atoms with Gasteiger partial charge in [0.25, 0.3) is 5.91 Å². The first-order valence-corrected chi connectivity index (χ1v) is 11.6. The number of likely N-dealkylation sites (tertiary alicyclic amines) is 1. The summed E-state index contributed by atoms with van der Waals surface area (Å²) < 4.78 is 13.9. The van der Waals surface area contributed by atoms with E-state index >= 15 is 0 Å². The third kappa shape index (κ3) is 7.09. The Morgan fingerprint density at radius 1 is 1.28 bits per heavy atom. The molecule has 174 valence electrons. The molecule has 1 fully saturated rings. The first-order valence-electron chi connectivity index (χ1n) is 11.6. The van der Waals surface area contributed by atoms with Gasteiger partial charge in [-0.25, -0.2) is 4.39 Å². The zero-order chi connectivity index (χ0) is 24.1. The maximum Gasteiger partial charge on any atom is 0.272 e. The topological polar surface area (TPSA) is 49.0 Å². The zero-order valence-electron chi connectivity index (χ0n) is 20.2. The van der Waals surface area contributed by atoms with Crippen LogP contribution in [-0.4, -0.2) is 34.1 Å². The number of halogens is 1. The molecule has 1 saturated heterocycles. The number of carbonyl (C=O) groups is 1. The lowest BCUT2D eigenvalue weighted by Crippen LogP contribution is -2.32. The molecule has 0 radical (unpaired) electrons. The van der Waals surface area contributed by atoms with E-state index in [-0.39, 0.29) is 11.4 Å². The number of hydrogen-bond acceptors (Lipinski definition) is 2. The van der Waals surface area contributed by atoms with Gasteiger partial charge < -0.3 is 4.90 Å². The van der Waals surface area contributed by atoms with E-state index in [1.54, 1.807) is 12.1 Å². The summed E-state index contributed by atoms with van der Waals surface area (Å²) in [6, 6.07) is 4.72. The van der Waals surface area contributed by atoms with Crippen LogP contribution in [0.3, 0.4) is 0 Å². The Kier molecular flexibility index (Phi) is 12.1. The fraction of sp³-hybridized carbons (Fsp3) is 0.481. The first-order chi connectivity index (χ1) is 15.5. The van der Waals surface area contributed by atoms with Gasteiger partial charge in [0.15, 0.2) is 5.82 Å². The van der Waals surface area contributed by atoms with Crippen LogP contribution in [0, 0.1) is 30.5 Å². The standard InChI is InChI=1S/C23H30FN3O.C2H6.C2H2/c1-4-5-8-18(15-16(2)3)17-9-7-13-27(14-12-17)23(28)22-19-10-6-11-20(24)21(19)25-26-22;2*1-2/h5-6,8,10-11,15-17H,4,7,9,12-14H2,1-3H3,(H,25,26);1-2H3;1-2H/b8-5-,18-15?;;. The van der Waals surface area contributed by atoms with Crippen LogP contribution >= 0.6 is 0 Å². The molecule has 1 aliphatic heterocycles. The second-order valence-electron chi connectivity index (χ2n) is 7.88. The van der Waals surface area contributed by atoms with Gasteiger partial charge in [-0.3, -0.25) is 9.89 Å². The van der Waals surface area contributed by atoms with Gasteiger partial charge in [-0.05, 0) is 49.2 Å². The Hall–Kier alpha value is -2.87. The predicted octanol–water partition coefficient (Wildman–Crippen LogP) is 6.77. The lowest BCUT2D eigenvalue weighted by Gasteiger charge is -2.20. The summed E-state index contributed by atoms with van der Waals surface area (Å²) in [5, 5.41) is 7.31. The number of fused-ring (bicyclic) bond motifs is 1. The van der Waals surface area contributed by atoms with Crippen molar-refractivity contribution in [3.05, 3.63) is 53.5 Å². The van der Waals surface area contributed by atoms with Crippen molar-refractivity contribution in [3.8, 4) is 12.8 Å². The highest BCUT2D eigenvalue weighted by molar-refractivity contribution is 6.04. The van der Waals surface area contributed by atoms with Crippen molar-refractivity contribution in [2.75, 3.05) is 13.1 Å². The van der Waals surface area contributed by atoms with E-state index in [0.29, 0.717) is 29.5 Å². The average Bonchev–Trinajstić information content (AvgIpc) is 3.10. The summed E-state index contributed by atoms with van der Waals surface area (Å²) in [7, 11) is 0. The molecule has 0 saturated carbocycles. The van der Waals surface area contributed by atoms with Gasteiger partial charge in [0.2, 0.25) is 0 Å². The molecular weight excluding hydrogens is 401 g/mol. The summed E-state index contributed by atoms with van der Waals surface area (Å²) in [6.07, 6.45) is 18.8. The van der Waals surface area contributed by atoms with Crippen molar-refractivity contribution >= 4 is 16.8 Å². The third-order valence-electron chi connectivity index (χ3n) is 5.31. The van der Waals surface area contributed by atoms with Gasteiger partial charge in [0.1, 0.15) is 11.2 Å². The summed E-state index contributed by atoms with van der Waals surface area (Å²) in [6.45, 7) is 12.0. The van der Waals surface area contributed by atoms with E-state index in [1.807, 2.05) is 18.7 Å². The summed E-state index contributed by atoms with van der Waals surface area (Å²) in [4.78, 5) is 15.0. The summed E-state index contributed by atoms with van der Waals surface area (Å²) in [5.74, 6) is 0.477. The number of rotatable bonds is 5. The SMILES string of the molecule is C#C.CC.CC/C=C\C(=CC(C)C)C1CCCN(C(=O)c2[nH]nc3c(F)cccc23)CC1. The normalized spacial score (nSPS) is 16.8. The Morgan fingerprint density at radius 2 is 2.00 bits per heavy atom. The first kappa shape index (κ1) is 27.2. The number of nitrogens with zero attached hydrogens (tertiary/aromatic N) is 2. The van der Waals surface area contributed by atoms with Crippen LogP contribution in [0.2, 0.25) is 0 Å². The molecule has 1 aromatic carbocycles. The van der Waals surface area contributed by atoms with Gasteiger partial charge in [-0.1, -0.05) is 65.0 Å². The molecule has 1 aromatic heterocycles. The van der Waals surface area contributed by atoms with E-state index in [2.05, 4.69) is 62.0 Å². The van der Waals surface area contributed by atoms with Gasteiger partial charge in [0, 0.05) is 18.5 Å². The van der Waals surface area contributed by atoms with E-state index in [4.69, 9.17) is 0 Å². The number of allylic oxidation sites excluding steroid dienone is 4. The number of H-pyrrole nitrogens is 1. The van der Waals surface area contributed by atoms with E-state index in [9.17, 15) is 9.18 Å². The van der Waals surface area contributed by atoms with Crippen molar-refractivity contribution in [1.29, 1.82) is 0 Å². The van der Waals surface area contributed by atoms with Crippen LogP contribution in [0.15, 0.2) is 42.0 Å². The molecule has 1 aliphatic rings. The maximum absolute atomic E-state index is 13.9. The summed E-state index contributed by atoms with van der Waals surface area (Å²) in [5.41, 5.74) is 2.00. The second kappa shape index (κ2) is 14.2. The molecule has 2 heterocycles. The molecule has 1 N–H and O–H groups in total. The highest BCUT2D eigenvalue weighted by Gasteiger charge is 2.25. The molecular formula is C27H38FN3O. The van der Waals surface area contributed by atoms with Crippen LogP contribution in [0.4, 0.5) is 4.39 Å². The minimum atomic E-state index is -0.407. The molecule has 4 nitrogen and oxygen atoms in total. The molecule has 1 unspecified atom stereocenters. The van der Waals surface area contributed by atoms with Crippen LogP contribution in [0.1, 0.15) is 70.8 Å². The Balaban J connectivity index is 0.00000121. The maximum atomic E-state index is 13.9. The van der Waals surface area contributed by atoms with Gasteiger partial charge in [-0.2, -0.15) is 5.10 Å². The number of benzene rings is 1. The predicted molar refractivity (Wildman–Crippen MR) is 133 cm³/mol. The molecule has 0 bridgehead atoms. The highest BCUT2D eigenvalue weighted by Crippen LogP contribution is 2.28. The number of aromatic amines is 1. The van der Waals surface area contributed by atoms with Gasteiger partial charge >= 0.3 is 0 Å². The van der Waals surface area contributed by atoms with Crippen molar-refractivity contribution < 1.29 is 9.18 Å². The van der Waals surface area contributed by atoms with Crippen molar-refractivity contribution in [3.63, 3.8) is 0 Å². The fourth-order valence-electron chi connectivity index (χ4n) is 3.92. The number of aromatic nitrogens is 2. The van der Waals surface area contributed by atoms with Crippen molar-refractivity contribution in [1.82, 2.24) is 15.1 Å². The van der Waals surface area contributed by atoms with Crippen LogP contribution in [0.5, 0.6) is 0 Å². The van der Waals surface area contributed by atoms with E-state index in [0.717, 1.165) is 32.2 Å². The zero-order valence-corrected chi connectivity index (χ0v) is 20.2. The number of amides is 1. The molecule has 32 heavy (non-hydrogen) atoms. The molecule has 3 rings (SSSR count). The van der Waals surface area contributed by atoms with Gasteiger partial charge in [0.05, 0.1) is 0 Å². The van der Waals surface area contributed by atoms with Crippen molar-refractivity contribution in [2.24, 2.45) is 11.8 Å². The lowest BCUT2D eigenvalue weighted by molar-refractivity contribution is 0.0756. The molecule has 2 aromatic rings. The smallest absolute Gasteiger partial charge is 0.272 e. The number of para-hydroxylation sites is 1. The fourth-order valence-corrected chi connectivity index (χ4v) is 3.92. The van der Waals surface area contributed by atoms with E-state index in [1.165, 1.54) is 11.6 Å². The van der Waals surface area contributed by atoms with Crippen LogP contribution in [0.25, 0.3) is 10.9 Å². The minimum absolute atomic E-state index is 0.0905. The largest absolute Gasteiger partial charge is 0.337 e. The molecule has 0 aliphatic carbocycles. The number of hydrogen-bond donors (Lipinski definition) is 1. The average molecular weight is 440 g/mol. The highest BCUT2D eigenvalue weighted by atomic mass is 19.1. The van der Waals surface area contributed by atoms with Gasteiger partial charge in [-0.15, -0.1) is 12.8 Å². The minimum Gasteiger partial charge on any atom is -0.337 e.